The minimum Gasteiger partial charge on any atom is -0.462 e. The molecule has 1 aromatic heterocycles. The van der Waals surface area contributed by atoms with Crippen LogP contribution in [0.25, 0.3) is 0 Å². The van der Waals surface area contributed by atoms with Crippen LogP contribution in [-0.2, 0) is 25.7 Å². The predicted molar refractivity (Wildman–Crippen MR) is 188 cm³/mol. The van der Waals surface area contributed by atoms with Crippen LogP contribution >= 0.6 is 23.1 Å². The van der Waals surface area contributed by atoms with Crippen molar-refractivity contribution in [2.45, 2.75) is 50.4 Å². The molecule has 3 heterocycles. The molecule has 4 aromatic rings. The van der Waals surface area contributed by atoms with Gasteiger partial charge < -0.3 is 15.0 Å². The van der Waals surface area contributed by atoms with Crippen LogP contribution in [0.1, 0.15) is 53.1 Å². The van der Waals surface area contributed by atoms with Crippen molar-refractivity contribution < 1.29 is 23.9 Å². The lowest BCUT2D eigenvalue weighted by Gasteiger charge is -2.31. The Morgan fingerprint density at radius 3 is 2.23 bits per heavy atom. The SMILES string of the molecule is CCOC(=O)c1ccc(N2C(=O)[C@H]3[C@H](c4ccc(N(CC)CC)cc4)c4sc(=O)n(CC(=O)Nc5ccccc5C)c4S[C@H]3C2=O)cc1. The lowest BCUT2D eigenvalue weighted by molar-refractivity contribution is -0.122. The predicted octanol–water partition coefficient (Wildman–Crippen LogP) is 5.68. The van der Waals surface area contributed by atoms with Crippen LogP contribution in [0, 0.1) is 12.8 Å². The zero-order valence-corrected chi connectivity index (χ0v) is 28.7. The van der Waals surface area contributed by atoms with Gasteiger partial charge in [-0.25, -0.2) is 9.69 Å². The number of nitrogens with zero attached hydrogens (tertiary/aromatic N) is 3. The first-order chi connectivity index (χ1) is 23.2. The van der Waals surface area contributed by atoms with Gasteiger partial charge in [-0.15, -0.1) is 0 Å². The molecule has 12 heteroatoms. The fourth-order valence-corrected chi connectivity index (χ4v) is 9.13. The number of rotatable bonds is 10. The molecule has 3 amide bonds. The number of hydrogen-bond donors (Lipinski definition) is 1. The summed E-state index contributed by atoms with van der Waals surface area (Å²) in [4.78, 5) is 71.1. The van der Waals surface area contributed by atoms with E-state index in [1.165, 1.54) is 21.6 Å². The number of thioether (sulfide) groups is 1. The molecule has 2 aliphatic rings. The molecule has 2 aliphatic heterocycles. The summed E-state index contributed by atoms with van der Waals surface area (Å²) in [5.74, 6) is -3.03. The summed E-state index contributed by atoms with van der Waals surface area (Å²) in [6, 6.07) is 21.5. The van der Waals surface area contributed by atoms with Crippen LogP contribution in [0.2, 0.25) is 0 Å². The molecule has 1 saturated heterocycles. The Morgan fingerprint density at radius 1 is 0.896 bits per heavy atom. The lowest BCUT2D eigenvalue weighted by atomic mass is 9.83. The van der Waals surface area contributed by atoms with Gasteiger partial charge in [0.1, 0.15) is 11.8 Å². The highest BCUT2D eigenvalue weighted by Gasteiger charge is 2.56. The first-order valence-electron chi connectivity index (χ1n) is 15.9. The molecule has 0 unspecified atom stereocenters. The number of ether oxygens (including phenoxy) is 1. The Kier molecular flexibility index (Phi) is 9.56. The Hall–Kier alpha value is -4.68. The molecule has 0 spiro atoms. The number of carbonyl (C=O) groups excluding carboxylic acids is 4. The first kappa shape index (κ1) is 33.2. The molecule has 10 nitrogen and oxygen atoms in total. The van der Waals surface area contributed by atoms with E-state index in [0.29, 0.717) is 26.8 Å². The Morgan fingerprint density at radius 2 is 1.58 bits per heavy atom. The van der Waals surface area contributed by atoms with Gasteiger partial charge >= 0.3 is 10.8 Å². The number of amides is 3. The van der Waals surface area contributed by atoms with Crippen molar-refractivity contribution in [2.24, 2.45) is 5.92 Å². The standard InChI is InChI=1S/C36H36N4O6S2/c1-5-38(6-2)24-16-12-22(13-17-24)28-29-30(33(43)40(32(29)42)25-18-14-23(15-19-25)35(44)46-7-3)47-34-31(28)48-36(45)39(34)20-27(41)37-26-11-9-8-10-21(26)4/h8-19,28-30H,5-7,20H2,1-4H3,(H,37,41)/t28-,29-,30+/m0/s1. The largest absolute Gasteiger partial charge is 0.462 e. The molecule has 248 valence electrons. The van der Waals surface area contributed by atoms with E-state index in [9.17, 15) is 24.0 Å². The van der Waals surface area contributed by atoms with E-state index in [1.807, 2.05) is 49.4 Å². The number of hydrogen-bond acceptors (Lipinski definition) is 9. The molecule has 3 atom stereocenters. The summed E-state index contributed by atoms with van der Waals surface area (Å²) >= 11 is 2.18. The van der Waals surface area contributed by atoms with Crippen molar-refractivity contribution in [3.05, 3.63) is 104 Å². The normalized spacial score (nSPS) is 18.3. The van der Waals surface area contributed by atoms with Crippen molar-refractivity contribution in [1.82, 2.24) is 4.57 Å². The molecule has 6 rings (SSSR count). The molecule has 0 saturated carbocycles. The van der Waals surface area contributed by atoms with Crippen molar-refractivity contribution in [1.29, 1.82) is 0 Å². The van der Waals surface area contributed by atoms with Gasteiger partial charge in [-0.1, -0.05) is 53.4 Å². The third-order valence-electron chi connectivity index (χ3n) is 8.79. The van der Waals surface area contributed by atoms with Crippen LogP contribution < -0.4 is 20.0 Å². The summed E-state index contributed by atoms with van der Waals surface area (Å²) in [6.07, 6.45) is 0. The minimum absolute atomic E-state index is 0.226. The smallest absolute Gasteiger partial charge is 0.338 e. The van der Waals surface area contributed by atoms with Gasteiger partial charge in [0.15, 0.2) is 0 Å². The molecule has 48 heavy (non-hydrogen) atoms. The number of imide groups is 1. The Balaban J connectivity index is 1.39. The van der Waals surface area contributed by atoms with E-state index in [0.717, 1.165) is 53.0 Å². The fraction of sp³-hybridized carbons (Fsp3) is 0.306. The van der Waals surface area contributed by atoms with E-state index in [-0.39, 0.29) is 29.8 Å². The zero-order chi connectivity index (χ0) is 34.1. The quantitative estimate of drug-likeness (QED) is 0.168. The summed E-state index contributed by atoms with van der Waals surface area (Å²) < 4.78 is 6.50. The van der Waals surface area contributed by atoms with Crippen LogP contribution in [-0.4, -0.2) is 53.2 Å². The van der Waals surface area contributed by atoms with Gasteiger partial charge in [0.25, 0.3) is 0 Å². The molecular weight excluding hydrogens is 649 g/mol. The zero-order valence-electron chi connectivity index (χ0n) is 27.1. The third kappa shape index (κ3) is 6.06. The lowest BCUT2D eigenvalue weighted by Crippen LogP contribution is -2.33. The van der Waals surface area contributed by atoms with Crippen LogP contribution in [0.5, 0.6) is 0 Å². The number of anilines is 3. The van der Waals surface area contributed by atoms with E-state index in [2.05, 4.69) is 24.1 Å². The van der Waals surface area contributed by atoms with Crippen molar-refractivity contribution >= 4 is 63.9 Å². The van der Waals surface area contributed by atoms with E-state index >= 15 is 0 Å². The van der Waals surface area contributed by atoms with Crippen LogP contribution in [0.4, 0.5) is 17.1 Å². The second-order valence-corrected chi connectivity index (χ2v) is 13.7. The Labute approximate surface area is 286 Å². The topological polar surface area (TPSA) is 118 Å². The number of aryl methyl sites for hydroxylation is 1. The van der Waals surface area contributed by atoms with Gasteiger partial charge in [0.2, 0.25) is 17.7 Å². The molecule has 1 N–H and O–H groups in total. The summed E-state index contributed by atoms with van der Waals surface area (Å²) in [5, 5.41) is 2.58. The monoisotopic (exact) mass is 684 g/mol. The summed E-state index contributed by atoms with van der Waals surface area (Å²) in [6.45, 7) is 9.42. The highest BCUT2D eigenvalue weighted by atomic mass is 32.2. The highest BCUT2D eigenvalue weighted by molar-refractivity contribution is 8.00. The first-order valence-corrected chi connectivity index (χ1v) is 17.6. The number of aromatic nitrogens is 1. The maximum Gasteiger partial charge on any atom is 0.338 e. The summed E-state index contributed by atoms with van der Waals surface area (Å²) in [7, 11) is 0. The van der Waals surface area contributed by atoms with Gasteiger partial charge in [0, 0.05) is 35.3 Å². The maximum absolute atomic E-state index is 14.3. The van der Waals surface area contributed by atoms with Gasteiger partial charge in [0.05, 0.1) is 28.8 Å². The number of fused-ring (bicyclic) bond motifs is 2. The number of carbonyl (C=O) groups is 4. The summed E-state index contributed by atoms with van der Waals surface area (Å²) in [5.41, 5.74) is 4.04. The molecular formula is C36H36N4O6S2. The number of thiazole rings is 1. The van der Waals surface area contributed by atoms with E-state index in [4.69, 9.17) is 4.74 Å². The number of para-hydroxylation sites is 1. The van der Waals surface area contributed by atoms with Crippen molar-refractivity contribution in [3.8, 4) is 0 Å². The Bertz CT molecular complexity index is 1930. The van der Waals surface area contributed by atoms with Gasteiger partial charge in [-0.3, -0.25) is 23.7 Å². The maximum atomic E-state index is 14.3. The molecule has 0 radical (unpaired) electrons. The minimum atomic E-state index is -0.832. The molecule has 3 aromatic carbocycles. The number of esters is 1. The molecule has 1 fully saturated rings. The number of nitrogens with one attached hydrogen (secondary N) is 1. The second-order valence-electron chi connectivity index (χ2n) is 11.6. The molecule has 0 aliphatic carbocycles. The average Bonchev–Trinajstić information content (AvgIpc) is 3.53. The van der Waals surface area contributed by atoms with Gasteiger partial charge in [-0.05, 0) is 81.3 Å². The molecule has 0 bridgehead atoms. The van der Waals surface area contributed by atoms with Crippen LogP contribution in [0.15, 0.2) is 82.6 Å². The second kappa shape index (κ2) is 13.8. The van der Waals surface area contributed by atoms with E-state index < -0.39 is 29.0 Å². The number of benzene rings is 3. The van der Waals surface area contributed by atoms with Crippen molar-refractivity contribution in [3.63, 3.8) is 0 Å². The highest BCUT2D eigenvalue weighted by Crippen LogP contribution is 2.54. The van der Waals surface area contributed by atoms with Gasteiger partial charge in [-0.2, -0.15) is 0 Å². The average molecular weight is 685 g/mol. The van der Waals surface area contributed by atoms with E-state index in [1.54, 1.807) is 25.1 Å². The fourth-order valence-electron chi connectivity index (χ4n) is 6.36. The third-order valence-corrected chi connectivity index (χ3v) is 11.4. The van der Waals surface area contributed by atoms with Crippen molar-refractivity contribution in [2.75, 3.05) is 34.8 Å². The van der Waals surface area contributed by atoms with Crippen LogP contribution in [0.3, 0.4) is 0 Å².